The predicted molar refractivity (Wildman–Crippen MR) is 117 cm³/mol. The monoisotopic (exact) mass is 394 g/mol. The van der Waals surface area contributed by atoms with Gasteiger partial charge in [0.25, 0.3) is 0 Å². The largest absolute Gasteiger partial charge is 0.457 e. The molecule has 1 aromatic heterocycles. The average molecular weight is 394 g/mol. The molecule has 30 heavy (non-hydrogen) atoms. The maximum Gasteiger partial charge on any atom is 0.221 e. The molecule has 0 unspecified atom stereocenters. The zero-order valence-electron chi connectivity index (χ0n) is 16.2. The Kier molecular flexibility index (Phi) is 5.27. The molecule has 146 valence electrons. The lowest BCUT2D eigenvalue weighted by Gasteiger charge is -2.13. The Bertz CT molecular complexity index is 1250. The van der Waals surface area contributed by atoms with Gasteiger partial charge in [0.1, 0.15) is 17.6 Å². The van der Waals surface area contributed by atoms with Crippen LogP contribution in [0.1, 0.15) is 12.5 Å². The van der Waals surface area contributed by atoms with Crippen molar-refractivity contribution in [1.82, 2.24) is 4.98 Å². The zero-order valence-corrected chi connectivity index (χ0v) is 16.2. The highest BCUT2D eigenvalue weighted by atomic mass is 16.5. The number of nitrogens with one attached hydrogen (secondary N) is 2. The molecule has 1 amide bonds. The third-order valence-electron chi connectivity index (χ3n) is 4.41. The number of nitriles is 1. The van der Waals surface area contributed by atoms with Gasteiger partial charge in [-0.25, -0.2) is 0 Å². The molecule has 1 heterocycles. The number of benzene rings is 3. The topological polar surface area (TPSA) is 87.0 Å². The van der Waals surface area contributed by atoms with Crippen molar-refractivity contribution in [1.29, 1.82) is 5.26 Å². The Balaban J connectivity index is 1.65. The molecule has 0 bridgehead atoms. The number of para-hydroxylation sites is 1. The summed E-state index contributed by atoms with van der Waals surface area (Å²) in [5.74, 6) is 1.30. The summed E-state index contributed by atoms with van der Waals surface area (Å²) in [5, 5.41) is 16.4. The van der Waals surface area contributed by atoms with Gasteiger partial charge in [0, 0.05) is 29.9 Å². The van der Waals surface area contributed by atoms with Crippen molar-refractivity contribution in [2.24, 2.45) is 0 Å². The van der Waals surface area contributed by atoms with Crippen LogP contribution in [0.4, 0.5) is 17.1 Å². The zero-order chi connectivity index (χ0) is 20.9. The fraction of sp³-hybridized carbons (Fsp3) is 0.0417. The molecular formula is C24H18N4O2. The van der Waals surface area contributed by atoms with Gasteiger partial charge < -0.3 is 15.4 Å². The van der Waals surface area contributed by atoms with E-state index in [1.165, 1.54) is 13.1 Å². The van der Waals surface area contributed by atoms with E-state index in [0.717, 1.165) is 22.3 Å². The van der Waals surface area contributed by atoms with E-state index in [1.54, 1.807) is 12.1 Å². The van der Waals surface area contributed by atoms with Crippen LogP contribution >= 0.6 is 0 Å². The number of carbonyl (C=O) groups excluding carboxylic acids is 1. The maximum atomic E-state index is 11.4. The summed E-state index contributed by atoms with van der Waals surface area (Å²) >= 11 is 0. The molecule has 0 atom stereocenters. The molecular weight excluding hydrogens is 376 g/mol. The van der Waals surface area contributed by atoms with Crippen LogP contribution < -0.4 is 15.4 Å². The first-order valence-electron chi connectivity index (χ1n) is 9.33. The van der Waals surface area contributed by atoms with Crippen LogP contribution in [0.2, 0.25) is 0 Å². The lowest BCUT2D eigenvalue weighted by molar-refractivity contribution is -0.114. The number of ether oxygens (including phenoxy) is 1. The van der Waals surface area contributed by atoms with Gasteiger partial charge in [-0.3, -0.25) is 9.78 Å². The number of anilines is 3. The molecule has 0 aliphatic heterocycles. The van der Waals surface area contributed by atoms with Crippen LogP contribution in [0, 0.1) is 11.3 Å². The first kappa shape index (κ1) is 19.0. The number of hydrogen-bond donors (Lipinski definition) is 2. The third-order valence-corrected chi connectivity index (χ3v) is 4.41. The van der Waals surface area contributed by atoms with E-state index in [4.69, 9.17) is 4.74 Å². The van der Waals surface area contributed by atoms with E-state index in [9.17, 15) is 10.1 Å². The Morgan fingerprint density at radius 1 is 0.967 bits per heavy atom. The molecule has 4 aromatic rings. The molecule has 0 aliphatic rings. The van der Waals surface area contributed by atoms with Crippen LogP contribution in [0.5, 0.6) is 11.5 Å². The molecule has 6 nitrogen and oxygen atoms in total. The number of nitrogens with zero attached hydrogens (tertiary/aromatic N) is 2. The summed E-state index contributed by atoms with van der Waals surface area (Å²) in [7, 11) is 0. The summed E-state index contributed by atoms with van der Waals surface area (Å²) in [6.07, 6.45) is 1.54. The molecule has 4 rings (SSSR count). The first-order valence-corrected chi connectivity index (χ1v) is 9.33. The van der Waals surface area contributed by atoms with Crippen molar-refractivity contribution in [2.75, 3.05) is 10.6 Å². The fourth-order valence-corrected chi connectivity index (χ4v) is 3.07. The van der Waals surface area contributed by atoms with Crippen molar-refractivity contribution in [3.8, 4) is 17.6 Å². The van der Waals surface area contributed by atoms with Crippen molar-refractivity contribution in [3.05, 3.63) is 84.6 Å². The van der Waals surface area contributed by atoms with Gasteiger partial charge in [-0.2, -0.15) is 5.26 Å². The minimum absolute atomic E-state index is 0.165. The highest BCUT2D eigenvalue weighted by Gasteiger charge is 2.11. The van der Waals surface area contributed by atoms with E-state index in [0.29, 0.717) is 22.7 Å². The van der Waals surface area contributed by atoms with Crippen molar-refractivity contribution in [2.45, 2.75) is 6.92 Å². The number of fused-ring (bicyclic) bond motifs is 1. The second kappa shape index (κ2) is 8.33. The summed E-state index contributed by atoms with van der Waals surface area (Å²) in [6, 6.07) is 24.6. The molecule has 0 spiro atoms. The van der Waals surface area contributed by atoms with Gasteiger partial charge >= 0.3 is 0 Å². The highest BCUT2D eigenvalue weighted by molar-refractivity contribution is 5.99. The quantitative estimate of drug-likeness (QED) is 0.460. The smallest absolute Gasteiger partial charge is 0.221 e. The summed E-state index contributed by atoms with van der Waals surface area (Å²) in [4.78, 5) is 15.7. The van der Waals surface area contributed by atoms with Gasteiger partial charge in [-0.05, 0) is 54.6 Å². The van der Waals surface area contributed by atoms with Gasteiger partial charge in [0.15, 0.2) is 0 Å². The van der Waals surface area contributed by atoms with Gasteiger partial charge in [0.2, 0.25) is 5.91 Å². The molecule has 0 saturated carbocycles. The molecule has 0 radical (unpaired) electrons. The number of carbonyl (C=O) groups is 1. The van der Waals surface area contributed by atoms with E-state index in [1.807, 2.05) is 60.7 Å². The lowest BCUT2D eigenvalue weighted by atomic mass is 10.1. The van der Waals surface area contributed by atoms with Gasteiger partial charge in [-0.15, -0.1) is 0 Å². The molecule has 0 aliphatic carbocycles. The van der Waals surface area contributed by atoms with E-state index in [-0.39, 0.29) is 5.91 Å². The van der Waals surface area contributed by atoms with Crippen LogP contribution in [0.3, 0.4) is 0 Å². The Morgan fingerprint density at radius 2 is 1.67 bits per heavy atom. The third kappa shape index (κ3) is 4.21. The predicted octanol–water partition coefficient (Wildman–Crippen LogP) is 5.60. The first-order chi connectivity index (χ1) is 14.6. The normalized spacial score (nSPS) is 10.3. The molecule has 6 heteroatoms. The fourth-order valence-electron chi connectivity index (χ4n) is 3.07. The second-order valence-electron chi connectivity index (χ2n) is 6.64. The number of rotatable bonds is 5. The van der Waals surface area contributed by atoms with Crippen molar-refractivity contribution >= 4 is 33.9 Å². The number of hydrogen-bond acceptors (Lipinski definition) is 5. The average Bonchev–Trinajstić information content (AvgIpc) is 2.76. The standard InChI is InChI=1S/C24H18N4O2/c1-16(29)27-19-9-12-23-22(13-19)24(17(14-25)15-26-23)28-18-7-10-21(11-8-18)30-20-5-3-2-4-6-20/h2-13,15H,1H3,(H,26,28)(H,27,29). The summed E-state index contributed by atoms with van der Waals surface area (Å²) < 4.78 is 5.82. The van der Waals surface area contributed by atoms with E-state index >= 15 is 0 Å². The Morgan fingerprint density at radius 3 is 2.37 bits per heavy atom. The number of aromatic nitrogens is 1. The molecule has 2 N–H and O–H groups in total. The summed E-state index contributed by atoms with van der Waals surface area (Å²) in [5.41, 5.74) is 3.19. The SMILES string of the molecule is CC(=O)Nc1ccc2ncc(C#N)c(Nc3ccc(Oc4ccccc4)cc3)c2c1. The lowest BCUT2D eigenvalue weighted by Crippen LogP contribution is -2.05. The number of pyridine rings is 1. The minimum Gasteiger partial charge on any atom is -0.457 e. The van der Waals surface area contributed by atoms with Crippen LogP contribution in [0.25, 0.3) is 10.9 Å². The van der Waals surface area contributed by atoms with Gasteiger partial charge in [0.05, 0.1) is 16.8 Å². The molecule has 0 fully saturated rings. The molecule has 3 aromatic carbocycles. The second-order valence-corrected chi connectivity index (χ2v) is 6.64. The van der Waals surface area contributed by atoms with Crippen molar-refractivity contribution < 1.29 is 9.53 Å². The van der Waals surface area contributed by atoms with Gasteiger partial charge in [-0.1, -0.05) is 18.2 Å². The molecule has 0 saturated heterocycles. The van der Waals surface area contributed by atoms with E-state index < -0.39 is 0 Å². The Labute approximate surface area is 173 Å². The van der Waals surface area contributed by atoms with Crippen LogP contribution in [-0.4, -0.2) is 10.9 Å². The Hall–Kier alpha value is -4.37. The van der Waals surface area contributed by atoms with Crippen LogP contribution in [0.15, 0.2) is 79.0 Å². The maximum absolute atomic E-state index is 11.4. The highest BCUT2D eigenvalue weighted by Crippen LogP contribution is 2.32. The number of amides is 1. The van der Waals surface area contributed by atoms with Crippen LogP contribution in [-0.2, 0) is 4.79 Å². The summed E-state index contributed by atoms with van der Waals surface area (Å²) in [6.45, 7) is 1.45. The van der Waals surface area contributed by atoms with E-state index in [2.05, 4.69) is 21.7 Å². The minimum atomic E-state index is -0.165. The van der Waals surface area contributed by atoms with Crippen molar-refractivity contribution in [3.63, 3.8) is 0 Å².